The molecule has 0 spiro atoms. The van der Waals surface area contributed by atoms with E-state index in [1.54, 1.807) is 56.7 Å². The number of methoxy groups -OCH3 is 2. The van der Waals surface area contributed by atoms with Crippen molar-refractivity contribution >= 4 is 11.9 Å². The Morgan fingerprint density at radius 2 is 1.92 bits per heavy atom. The first kappa shape index (κ1) is 17.3. The van der Waals surface area contributed by atoms with Crippen molar-refractivity contribution in [3.05, 3.63) is 72.3 Å². The summed E-state index contributed by atoms with van der Waals surface area (Å²) in [5.74, 6) is 1.79. The second-order valence-electron chi connectivity index (χ2n) is 4.94. The molecule has 2 aromatic carbocycles. The molecule has 0 saturated heterocycles. The molecular formula is C20H20O4. The number of benzene rings is 2. The van der Waals surface area contributed by atoms with Crippen LogP contribution in [0.2, 0.25) is 0 Å². The first-order valence-corrected chi connectivity index (χ1v) is 7.46. The fraction of sp³-hybridized carbons (Fsp3) is 0.150. The number of hydrogen-bond acceptors (Lipinski definition) is 4. The van der Waals surface area contributed by atoms with Crippen molar-refractivity contribution in [3.63, 3.8) is 0 Å². The van der Waals surface area contributed by atoms with Gasteiger partial charge in [-0.25, -0.2) is 0 Å². The quantitative estimate of drug-likeness (QED) is 0.415. The lowest BCUT2D eigenvalue weighted by atomic mass is 10.1. The highest BCUT2D eigenvalue weighted by Crippen LogP contribution is 2.28. The molecule has 0 aliphatic heterocycles. The normalized spacial score (nSPS) is 10.4. The molecule has 124 valence electrons. The van der Waals surface area contributed by atoms with Crippen molar-refractivity contribution in [1.29, 1.82) is 0 Å². The molecule has 0 aromatic heterocycles. The van der Waals surface area contributed by atoms with Gasteiger partial charge in [0.25, 0.3) is 0 Å². The van der Waals surface area contributed by atoms with Crippen molar-refractivity contribution in [2.24, 2.45) is 0 Å². The van der Waals surface area contributed by atoms with Crippen LogP contribution < -0.4 is 14.2 Å². The third-order valence-electron chi connectivity index (χ3n) is 3.33. The Hall–Kier alpha value is -3.01. The summed E-state index contributed by atoms with van der Waals surface area (Å²) >= 11 is 0. The Kier molecular flexibility index (Phi) is 6.20. The Morgan fingerprint density at radius 3 is 2.62 bits per heavy atom. The smallest absolute Gasteiger partial charge is 0.185 e. The SMILES string of the molecule is C=CCOc1ccc(/C=C/C(=O)c2cccc(OC)c2)cc1OC. The highest BCUT2D eigenvalue weighted by Gasteiger charge is 2.06. The number of rotatable bonds is 8. The van der Waals surface area contributed by atoms with Gasteiger partial charge in [0.15, 0.2) is 17.3 Å². The molecule has 0 bridgehead atoms. The van der Waals surface area contributed by atoms with Gasteiger partial charge in [0.2, 0.25) is 0 Å². The fourth-order valence-corrected chi connectivity index (χ4v) is 2.10. The summed E-state index contributed by atoms with van der Waals surface area (Å²) < 4.78 is 15.9. The van der Waals surface area contributed by atoms with Gasteiger partial charge in [0, 0.05) is 5.56 Å². The average molecular weight is 324 g/mol. The molecule has 0 fully saturated rings. The van der Waals surface area contributed by atoms with Crippen molar-refractivity contribution in [1.82, 2.24) is 0 Å². The lowest BCUT2D eigenvalue weighted by molar-refractivity contribution is 0.104. The first-order chi connectivity index (χ1) is 11.7. The van der Waals surface area contributed by atoms with Gasteiger partial charge in [-0.1, -0.05) is 36.9 Å². The maximum atomic E-state index is 12.2. The van der Waals surface area contributed by atoms with Crippen LogP contribution in [-0.4, -0.2) is 26.6 Å². The molecule has 0 aliphatic rings. The number of hydrogen-bond donors (Lipinski definition) is 0. The molecule has 0 radical (unpaired) electrons. The van der Waals surface area contributed by atoms with Crippen molar-refractivity contribution in [2.75, 3.05) is 20.8 Å². The van der Waals surface area contributed by atoms with E-state index in [9.17, 15) is 4.79 Å². The summed E-state index contributed by atoms with van der Waals surface area (Å²) in [5.41, 5.74) is 1.41. The molecule has 2 rings (SSSR count). The summed E-state index contributed by atoms with van der Waals surface area (Å²) in [4.78, 5) is 12.2. The van der Waals surface area contributed by atoms with Crippen LogP contribution >= 0.6 is 0 Å². The highest BCUT2D eigenvalue weighted by molar-refractivity contribution is 6.07. The van der Waals surface area contributed by atoms with E-state index in [2.05, 4.69) is 6.58 Å². The van der Waals surface area contributed by atoms with Gasteiger partial charge >= 0.3 is 0 Å². The van der Waals surface area contributed by atoms with Gasteiger partial charge in [-0.15, -0.1) is 0 Å². The molecule has 4 heteroatoms. The number of carbonyl (C=O) groups excluding carboxylic acids is 1. The second-order valence-corrected chi connectivity index (χ2v) is 4.94. The van der Waals surface area contributed by atoms with E-state index in [1.165, 1.54) is 6.08 Å². The van der Waals surface area contributed by atoms with Crippen LogP contribution in [0.25, 0.3) is 6.08 Å². The molecule has 24 heavy (non-hydrogen) atoms. The van der Waals surface area contributed by atoms with Crippen molar-refractivity contribution in [3.8, 4) is 17.2 Å². The minimum absolute atomic E-state index is 0.0974. The zero-order valence-corrected chi connectivity index (χ0v) is 13.8. The monoisotopic (exact) mass is 324 g/mol. The minimum Gasteiger partial charge on any atom is -0.497 e. The predicted octanol–water partition coefficient (Wildman–Crippen LogP) is 4.16. The van der Waals surface area contributed by atoms with E-state index >= 15 is 0 Å². The predicted molar refractivity (Wildman–Crippen MR) is 95.0 cm³/mol. The number of allylic oxidation sites excluding steroid dienone is 1. The second kappa shape index (κ2) is 8.58. The van der Waals surface area contributed by atoms with Gasteiger partial charge in [0.1, 0.15) is 12.4 Å². The maximum absolute atomic E-state index is 12.2. The third-order valence-corrected chi connectivity index (χ3v) is 3.33. The molecule has 0 N–H and O–H groups in total. The molecule has 0 atom stereocenters. The minimum atomic E-state index is -0.0974. The van der Waals surface area contributed by atoms with Crippen LogP contribution in [0.4, 0.5) is 0 Å². The van der Waals surface area contributed by atoms with Gasteiger partial charge in [-0.05, 0) is 35.9 Å². The molecule has 4 nitrogen and oxygen atoms in total. The highest BCUT2D eigenvalue weighted by atomic mass is 16.5. The van der Waals surface area contributed by atoms with Crippen LogP contribution in [0.3, 0.4) is 0 Å². The van der Waals surface area contributed by atoms with E-state index in [1.807, 2.05) is 12.1 Å². The Labute approximate surface area is 142 Å². The van der Waals surface area contributed by atoms with E-state index in [0.29, 0.717) is 29.4 Å². The van der Waals surface area contributed by atoms with Crippen LogP contribution in [0.5, 0.6) is 17.2 Å². The number of ether oxygens (including phenoxy) is 3. The molecular weight excluding hydrogens is 304 g/mol. The first-order valence-electron chi connectivity index (χ1n) is 7.46. The van der Waals surface area contributed by atoms with Crippen molar-refractivity contribution < 1.29 is 19.0 Å². The van der Waals surface area contributed by atoms with Gasteiger partial charge in [-0.2, -0.15) is 0 Å². The zero-order valence-electron chi connectivity index (χ0n) is 13.8. The summed E-state index contributed by atoms with van der Waals surface area (Å²) in [5, 5.41) is 0. The van der Waals surface area contributed by atoms with E-state index < -0.39 is 0 Å². The lowest BCUT2D eigenvalue weighted by Gasteiger charge is -2.09. The van der Waals surface area contributed by atoms with E-state index in [0.717, 1.165) is 5.56 Å². The average Bonchev–Trinajstić information content (AvgIpc) is 2.64. The molecule has 2 aromatic rings. The summed E-state index contributed by atoms with van der Waals surface area (Å²) in [6.07, 6.45) is 4.93. The number of ketones is 1. The lowest BCUT2D eigenvalue weighted by Crippen LogP contribution is -1.97. The van der Waals surface area contributed by atoms with Gasteiger partial charge < -0.3 is 14.2 Å². The summed E-state index contributed by atoms with van der Waals surface area (Å²) in [7, 11) is 3.15. The largest absolute Gasteiger partial charge is 0.497 e. The molecule has 0 aliphatic carbocycles. The van der Waals surface area contributed by atoms with E-state index in [-0.39, 0.29) is 5.78 Å². The molecule has 0 heterocycles. The van der Waals surface area contributed by atoms with Crippen LogP contribution in [0, 0.1) is 0 Å². The fourth-order valence-electron chi connectivity index (χ4n) is 2.10. The maximum Gasteiger partial charge on any atom is 0.185 e. The Bertz CT molecular complexity index is 747. The molecule has 0 saturated carbocycles. The van der Waals surface area contributed by atoms with Crippen LogP contribution in [-0.2, 0) is 0 Å². The van der Waals surface area contributed by atoms with Gasteiger partial charge in [-0.3, -0.25) is 4.79 Å². The third kappa shape index (κ3) is 4.49. The molecule has 0 unspecified atom stereocenters. The van der Waals surface area contributed by atoms with Crippen LogP contribution in [0.1, 0.15) is 15.9 Å². The van der Waals surface area contributed by atoms with Gasteiger partial charge in [0.05, 0.1) is 14.2 Å². The van der Waals surface area contributed by atoms with Crippen molar-refractivity contribution in [2.45, 2.75) is 0 Å². The summed E-state index contributed by atoms with van der Waals surface area (Å²) in [6, 6.07) is 12.5. The Morgan fingerprint density at radius 1 is 1.08 bits per heavy atom. The van der Waals surface area contributed by atoms with E-state index in [4.69, 9.17) is 14.2 Å². The summed E-state index contributed by atoms with van der Waals surface area (Å²) in [6.45, 7) is 4.02. The Balaban J connectivity index is 2.15. The standard InChI is InChI=1S/C20H20O4/c1-4-12-24-19-11-9-15(13-20(19)23-3)8-10-18(21)16-6-5-7-17(14-16)22-2/h4-11,13-14H,1,12H2,2-3H3/b10-8+. The topological polar surface area (TPSA) is 44.8 Å². The molecule has 0 amide bonds. The number of carbonyl (C=O) groups is 1. The zero-order chi connectivity index (χ0) is 17.4. The van der Waals surface area contributed by atoms with Crippen LogP contribution in [0.15, 0.2) is 61.2 Å².